The standard InChI is InChI=1S/C17H28N8/c1-4-18-17(20-9-16-19-7-8-24(16)10-13(2)3)23-14-5-6-15-21-12-22-25(15)11-14/h7-8,12-14H,4-6,9-11H2,1-3H3,(H2,18,20,23). The van der Waals surface area contributed by atoms with Gasteiger partial charge in [0.2, 0.25) is 0 Å². The molecule has 2 N–H and O–H groups in total. The van der Waals surface area contributed by atoms with Crippen LogP contribution >= 0.6 is 0 Å². The van der Waals surface area contributed by atoms with Crippen LogP contribution < -0.4 is 10.6 Å². The Kier molecular flexibility index (Phi) is 5.67. The molecule has 1 aliphatic rings. The second-order valence-electron chi connectivity index (χ2n) is 6.82. The quantitative estimate of drug-likeness (QED) is 0.608. The summed E-state index contributed by atoms with van der Waals surface area (Å²) in [7, 11) is 0. The predicted molar refractivity (Wildman–Crippen MR) is 97.1 cm³/mol. The Bertz CT molecular complexity index is 699. The first-order valence-corrected chi connectivity index (χ1v) is 9.07. The molecule has 8 heteroatoms. The van der Waals surface area contributed by atoms with Gasteiger partial charge in [-0.05, 0) is 19.3 Å². The van der Waals surface area contributed by atoms with E-state index in [4.69, 9.17) is 4.99 Å². The monoisotopic (exact) mass is 344 g/mol. The van der Waals surface area contributed by atoms with Crippen molar-refractivity contribution in [3.8, 4) is 0 Å². The molecule has 1 atom stereocenters. The third-order valence-electron chi connectivity index (χ3n) is 4.23. The second-order valence-corrected chi connectivity index (χ2v) is 6.82. The van der Waals surface area contributed by atoms with E-state index in [0.29, 0.717) is 18.5 Å². The van der Waals surface area contributed by atoms with Crippen molar-refractivity contribution in [1.82, 2.24) is 34.9 Å². The Morgan fingerprint density at radius 3 is 3.08 bits per heavy atom. The number of nitrogens with one attached hydrogen (secondary N) is 2. The number of aryl methyl sites for hydroxylation is 1. The molecule has 0 radical (unpaired) electrons. The van der Waals surface area contributed by atoms with Gasteiger partial charge in [0.05, 0.1) is 6.54 Å². The fourth-order valence-corrected chi connectivity index (χ4v) is 3.07. The molecule has 0 bridgehead atoms. The first-order chi connectivity index (χ1) is 12.2. The molecule has 0 fully saturated rings. The summed E-state index contributed by atoms with van der Waals surface area (Å²) >= 11 is 0. The minimum Gasteiger partial charge on any atom is -0.357 e. The van der Waals surface area contributed by atoms with E-state index < -0.39 is 0 Å². The fourth-order valence-electron chi connectivity index (χ4n) is 3.07. The van der Waals surface area contributed by atoms with E-state index in [1.807, 2.05) is 17.1 Å². The highest BCUT2D eigenvalue weighted by Gasteiger charge is 2.20. The largest absolute Gasteiger partial charge is 0.357 e. The van der Waals surface area contributed by atoms with Crippen molar-refractivity contribution in [2.24, 2.45) is 10.9 Å². The summed E-state index contributed by atoms with van der Waals surface area (Å²) in [5, 5.41) is 11.1. The molecular weight excluding hydrogens is 316 g/mol. The van der Waals surface area contributed by atoms with Gasteiger partial charge in [0.25, 0.3) is 0 Å². The molecule has 2 aromatic heterocycles. The number of guanidine groups is 1. The molecule has 0 aliphatic carbocycles. The summed E-state index contributed by atoms with van der Waals surface area (Å²) in [6, 6.07) is 0.308. The summed E-state index contributed by atoms with van der Waals surface area (Å²) in [6.45, 7) is 9.67. The van der Waals surface area contributed by atoms with Gasteiger partial charge in [-0.25, -0.2) is 19.6 Å². The van der Waals surface area contributed by atoms with Gasteiger partial charge in [-0.15, -0.1) is 0 Å². The van der Waals surface area contributed by atoms with Crippen LogP contribution in [0.3, 0.4) is 0 Å². The number of rotatable bonds is 6. The van der Waals surface area contributed by atoms with Crippen molar-refractivity contribution < 1.29 is 0 Å². The molecule has 0 aromatic carbocycles. The van der Waals surface area contributed by atoms with Gasteiger partial charge in [0.1, 0.15) is 24.5 Å². The first kappa shape index (κ1) is 17.4. The molecular formula is C17H28N8. The Hall–Kier alpha value is -2.38. The molecule has 0 saturated carbocycles. The van der Waals surface area contributed by atoms with Gasteiger partial charge in [0.15, 0.2) is 5.96 Å². The fraction of sp³-hybridized carbons (Fsp3) is 0.647. The number of fused-ring (bicyclic) bond motifs is 1. The molecule has 136 valence electrons. The van der Waals surface area contributed by atoms with Crippen molar-refractivity contribution in [2.45, 2.75) is 59.3 Å². The van der Waals surface area contributed by atoms with Crippen molar-refractivity contribution in [1.29, 1.82) is 0 Å². The van der Waals surface area contributed by atoms with Crippen LogP contribution in [0.15, 0.2) is 23.7 Å². The molecule has 3 heterocycles. The van der Waals surface area contributed by atoms with Crippen LogP contribution in [0.5, 0.6) is 0 Å². The molecule has 0 saturated heterocycles. The Morgan fingerprint density at radius 1 is 1.40 bits per heavy atom. The van der Waals surface area contributed by atoms with E-state index >= 15 is 0 Å². The normalized spacial score (nSPS) is 17.6. The Morgan fingerprint density at radius 2 is 2.28 bits per heavy atom. The summed E-state index contributed by atoms with van der Waals surface area (Å²) in [6.07, 6.45) is 7.48. The number of hydrogen-bond donors (Lipinski definition) is 2. The van der Waals surface area contributed by atoms with Crippen molar-refractivity contribution in [3.63, 3.8) is 0 Å². The van der Waals surface area contributed by atoms with Crippen LogP contribution in [0.4, 0.5) is 0 Å². The number of aromatic nitrogens is 5. The Labute approximate surface area is 148 Å². The minimum atomic E-state index is 0.308. The lowest BCUT2D eigenvalue weighted by molar-refractivity contribution is 0.392. The average Bonchev–Trinajstić information content (AvgIpc) is 3.21. The third kappa shape index (κ3) is 4.58. The molecule has 0 amide bonds. The van der Waals surface area contributed by atoms with Crippen LogP contribution in [0.1, 0.15) is 38.8 Å². The van der Waals surface area contributed by atoms with Gasteiger partial charge < -0.3 is 15.2 Å². The van der Waals surface area contributed by atoms with Crippen LogP contribution in [0, 0.1) is 5.92 Å². The molecule has 2 aromatic rings. The highest BCUT2D eigenvalue weighted by Crippen LogP contribution is 2.11. The van der Waals surface area contributed by atoms with Gasteiger partial charge >= 0.3 is 0 Å². The lowest BCUT2D eigenvalue weighted by Gasteiger charge is -2.25. The van der Waals surface area contributed by atoms with E-state index in [1.54, 1.807) is 6.33 Å². The molecule has 8 nitrogen and oxygen atoms in total. The zero-order chi connectivity index (χ0) is 17.6. The highest BCUT2D eigenvalue weighted by atomic mass is 15.4. The van der Waals surface area contributed by atoms with Gasteiger partial charge in [-0.3, -0.25) is 0 Å². The van der Waals surface area contributed by atoms with Crippen molar-refractivity contribution in [2.75, 3.05) is 6.54 Å². The van der Waals surface area contributed by atoms with Crippen LogP contribution in [-0.4, -0.2) is 42.9 Å². The van der Waals surface area contributed by atoms with E-state index in [9.17, 15) is 0 Å². The van der Waals surface area contributed by atoms with Crippen LogP contribution in [0.2, 0.25) is 0 Å². The summed E-state index contributed by atoms with van der Waals surface area (Å²) in [4.78, 5) is 13.5. The van der Waals surface area contributed by atoms with Gasteiger partial charge in [0, 0.05) is 37.9 Å². The summed E-state index contributed by atoms with van der Waals surface area (Å²) in [5.74, 6) is 3.47. The van der Waals surface area contributed by atoms with E-state index in [-0.39, 0.29) is 0 Å². The van der Waals surface area contributed by atoms with Crippen molar-refractivity contribution in [3.05, 3.63) is 30.4 Å². The maximum Gasteiger partial charge on any atom is 0.191 e. The molecule has 25 heavy (non-hydrogen) atoms. The number of aliphatic imine (C=N–C) groups is 1. The minimum absolute atomic E-state index is 0.308. The third-order valence-corrected chi connectivity index (χ3v) is 4.23. The van der Waals surface area contributed by atoms with Crippen LogP contribution in [-0.2, 0) is 26.1 Å². The molecule has 3 rings (SSSR count). The molecule has 1 aliphatic heterocycles. The number of imidazole rings is 1. The zero-order valence-corrected chi connectivity index (χ0v) is 15.3. The van der Waals surface area contributed by atoms with E-state index in [1.165, 1.54) is 0 Å². The smallest absolute Gasteiger partial charge is 0.191 e. The van der Waals surface area contributed by atoms with Gasteiger partial charge in [-0.1, -0.05) is 13.8 Å². The summed E-state index contributed by atoms with van der Waals surface area (Å²) < 4.78 is 4.15. The molecule has 0 spiro atoms. The zero-order valence-electron chi connectivity index (χ0n) is 15.3. The van der Waals surface area contributed by atoms with E-state index in [2.05, 4.69) is 51.0 Å². The predicted octanol–water partition coefficient (Wildman–Crippen LogP) is 1.20. The maximum absolute atomic E-state index is 4.73. The van der Waals surface area contributed by atoms with Crippen molar-refractivity contribution >= 4 is 5.96 Å². The van der Waals surface area contributed by atoms with Gasteiger partial charge in [-0.2, -0.15) is 5.10 Å². The van der Waals surface area contributed by atoms with Crippen LogP contribution in [0.25, 0.3) is 0 Å². The SMILES string of the molecule is CCNC(=NCc1nccn1CC(C)C)NC1CCc2ncnn2C1. The molecule has 1 unspecified atom stereocenters. The second kappa shape index (κ2) is 8.13. The Balaban J connectivity index is 1.63. The number of hydrogen-bond acceptors (Lipinski definition) is 4. The maximum atomic E-state index is 4.73. The lowest BCUT2D eigenvalue weighted by Crippen LogP contribution is -2.47. The van der Waals surface area contributed by atoms with E-state index in [0.717, 1.165) is 50.1 Å². The lowest BCUT2D eigenvalue weighted by atomic mass is 10.1. The summed E-state index contributed by atoms with van der Waals surface area (Å²) in [5.41, 5.74) is 0. The number of nitrogens with zero attached hydrogens (tertiary/aromatic N) is 6. The first-order valence-electron chi connectivity index (χ1n) is 9.07. The topological polar surface area (TPSA) is 84.9 Å². The highest BCUT2D eigenvalue weighted by molar-refractivity contribution is 5.80. The average molecular weight is 344 g/mol.